The van der Waals surface area contributed by atoms with Gasteiger partial charge in [0.15, 0.2) is 0 Å². The van der Waals surface area contributed by atoms with Crippen LogP contribution in [0, 0.1) is 6.92 Å². The number of hydrogen-bond donors (Lipinski definition) is 1. The number of rotatable bonds is 5. The lowest BCUT2D eigenvalue weighted by atomic mass is 10.0. The fourth-order valence-corrected chi connectivity index (χ4v) is 3.59. The summed E-state index contributed by atoms with van der Waals surface area (Å²) in [6.45, 7) is 4.67. The second-order valence-electron chi connectivity index (χ2n) is 7.29. The van der Waals surface area contributed by atoms with Gasteiger partial charge in [-0.2, -0.15) is 26.3 Å². The van der Waals surface area contributed by atoms with E-state index in [0.717, 1.165) is 0 Å². The number of benzene rings is 1. The first-order valence-corrected chi connectivity index (χ1v) is 9.48. The number of carbonyl (C=O) groups excluding carboxylic acids is 1. The third-order valence-corrected chi connectivity index (χ3v) is 5.26. The Kier molecular flexibility index (Phi) is 6.38. The van der Waals surface area contributed by atoms with Crippen molar-refractivity contribution in [2.24, 2.45) is 5.73 Å². The maximum atomic E-state index is 13.3. The van der Waals surface area contributed by atoms with Crippen LogP contribution >= 0.6 is 0 Å². The van der Waals surface area contributed by atoms with Gasteiger partial charge in [-0.25, -0.2) is 0 Å². The van der Waals surface area contributed by atoms with Crippen molar-refractivity contribution in [1.82, 2.24) is 9.47 Å². The van der Waals surface area contributed by atoms with Crippen molar-refractivity contribution in [2.45, 2.75) is 25.8 Å². The largest absolute Gasteiger partial charge is 0.416 e. The minimum atomic E-state index is -4.97. The number of nitrogens with two attached hydrogens (primary N) is 1. The predicted molar refractivity (Wildman–Crippen MR) is 100 cm³/mol. The Morgan fingerprint density at radius 1 is 0.968 bits per heavy atom. The molecule has 1 saturated heterocycles. The van der Waals surface area contributed by atoms with Crippen molar-refractivity contribution in [1.29, 1.82) is 0 Å². The number of halogens is 6. The van der Waals surface area contributed by atoms with E-state index in [2.05, 4.69) is 4.90 Å². The topological polar surface area (TPSA) is 60.5 Å². The Labute approximate surface area is 174 Å². The van der Waals surface area contributed by atoms with E-state index < -0.39 is 29.4 Å². The summed E-state index contributed by atoms with van der Waals surface area (Å²) in [5.41, 5.74) is 2.73. The van der Waals surface area contributed by atoms with Crippen molar-refractivity contribution in [3.8, 4) is 11.3 Å². The third-order valence-electron chi connectivity index (χ3n) is 5.26. The van der Waals surface area contributed by atoms with Crippen LogP contribution in [0.5, 0.6) is 0 Å². The molecule has 2 aromatic rings. The van der Waals surface area contributed by atoms with Gasteiger partial charge in [-0.15, -0.1) is 0 Å². The van der Waals surface area contributed by atoms with E-state index in [4.69, 9.17) is 10.5 Å². The zero-order valence-corrected chi connectivity index (χ0v) is 16.6. The van der Waals surface area contributed by atoms with Crippen LogP contribution in [0.2, 0.25) is 0 Å². The van der Waals surface area contributed by atoms with Crippen molar-refractivity contribution in [2.75, 3.05) is 32.8 Å². The van der Waals surface area contributed by atoms with E-state index >= 15 is 0 Å². The Bertz CT molecular complexity index is 927. The fraction of sp³-hybridized carbons (Fsp3) is 0.450. The molecule has 0 spiro atoms. The molecule has 5 nitrogen and oxygen atoms in total. The van der Waals surface area contributed by atoms with E-state index in [1.165, 1.54) is 10.6 Å². The van der Waals surface area contributed by atoms with Crippen LogP contribution in [0.4, 0.5) is 26.3 Å². The normalized spacial score (nSPS) is 16.0. The highest BCUT2D eigenvalue weighted by Gasteiger charge is 2.37. The zero-order chi connectivity index (χ0) is 23.0. The van der Waals surface area contributed by atoms with Crippen LogP contribution in [0.15, 0.2) is 24.3 Å². The molecule has 0 saturated carbocycles. The van der Waals surface area contributed by atoms with Gasteiger partial charge in [0.25, 0.3) is 5.91 Å². The van der Waals surface area contributed by atoms with Gasteiger partial charge in [-0.1, -0.05) is 0 Å². The summed E-state index contributed by atoms with van der Waals surface area (Å²) < 4.78 is 86.5. The van der Waals surface area contributed by atoms with Crippen molar-refractivity contribution < 1.29 is 35.9 Å². The van der Waals surface area contributed by atoms with Crippen LogP contribution in [0.1, 0.15) is 27.2 Å². The van der Waals surface area contributed by atoms with E-state index in [9.17, 15) is 31.1 Å². The van der Waals surface area contributed by atoms with Gasteiger partial charge in [0.2, 0.25) is 0 Å². The number of primary amides is 1. The number of aromatic nitrogens is 1. The van der Waals surface area contributed by atoms with Crippen LogP contribution in [-0.2, 0) is 23.6 Å². The molecule has 0 unspecified atom stereocenters. The number of amides is 1. The first kappa shape index (κ1) is 23.1. The summed E-state index contributed by atoms with van der Waals surface area (Å²) in [6, 6.07) is 2.62. The standard InChI is InChI=1S/C20H21F6N3O2/c1-12-16(18(27)30)11-17(29(12)3-2-28-4-6-31-7-5-28)13-8-14(19(21,22)23)10-15(9-13)20(24,25)26/h8-11H,2-7H2,1H3,(H2,27,30). The average molecular weight is 449 g/mol. The molecule has 0 aliphatic carbocycles. The minimum Gasteiger partial charge on any atom is -0.379 e. The smallest absolute Gasteiger partial charge is 0.379 e. The van der Waals surface area contributed by atoms with Crippen LogP contribution in [0.25, 0.3) is 11.3 Å². The molecule has 1 aromatic carbocycles. The molecular weight excluding hydrogens is 428 g/mol. The zero-order valence-electron chi connectivity index (χ0n) is 16.6. The highest BCUT2D eigenvalue weighted by atomic mass is 19.4. The molecule has 1 aliphatic rings. The second kappa shape index (κ2) is 8.54. The lowest BCUT2D eigenvalue weighted by Crippen LogP contribution is -2.38. The highest BCUT2D eigenvalue weighted by Crippen LogP contribution is 2.39. The van der Waals surface area contributed by atoms with Crippen LogP contribution < -0.4 is 5.73 Å². The summed E-state index contributed by atoms with van der Waals surface area (Å²) in [7, 11) is 0. The molecule has 3 rings (SSSR count). The molecule has 2 N–H and O–H groups in total. The van der Waals surface area contributed by atoms with E-state index in [-0.39, 0.29) is 29.4 Å². The first-order valence-electron chi connectivity index (χ1n) is 9.48. The van der Waals surface area contributed by atoms with E-state index in [0.29, 0.717) is 50.7 Å². The number of alkyl halides is 6. The lowest BCUT2D eigenvalue weighted by molar-refractivity contribution is -0.143. The van der Waals surface area contributed by atoms with Crippen LogP contribution in [0.3, 0.4) is 0 Å². The average Bonchev–Trinajstić information content (AvgIpc) is 3.02. The fourth-order valence-electron chi connectivity index (χ4n) is 3.59. The Morgan fingerprint density at radius 2 is 1.52 bits per heavy atom. The number of morpholine rings is 1. The van der Waals surface area contributed by atoms with Gasteiger partial charge >= 0.3 is 12.4 Å². The maximum Gasteiger partial charge on any atom is 0.416 e. The summed E-state index contributed by atoms with van der Waals surface area (Å²) in [5, 5.41) is 0. The Balaban J connectivity index is 2.10. The predicted octanol–water partition coefficient (Wildman–Crippen LogP) is 3.93. The maximum absolute atomic E-state index is 13.3. The Hall–Kier alpha value is -2.53. The molecular formula is C20H21F6N3O2. The van der Waals surface area contributed by atoms with Gasteiger partial charge in [-0.3, -0.25) is 9.69 Å². The summed E-state index contributed by atoms with van der Waals surface area (Å²) in [5.74, 6) is -0.813. The molecule has 0 atom stereocenters. The number of carbonyl (C=O) groups is 1. The summed E-state index contributed by atoms with van der Waals surface area (Å²) in [4.78, 5) is 13.9. The van der Waals surface area contributed by atoms with Crippen molar-refractivity contribution in [3.63, 3.8) is 0 Å². The number of hydrogen-bond acceptors (Lipinski definition) is 3. The Morgan fingerprint density at radius 3 is 2.00 bits per heavy atom. The highest BCUT2D eigenvalue weighted by molar-refractivity contribution is 5.95. The SMILES string of the molecule is Cc1c(C(N)=O)cc(-c2cc(C(F)(F)F)cc(C(F)(F)F)c2)n1CCN1CCOCC1. The summed E-state index contributed by atoms with van der Waals surface area (Å²) >= 11 is 0. The molecule has 1 fully saturated rings. The van der Waals surface area contributed by atoms with Crippen LogP contribution in [-0.4, -0.2) is 48.2 Å². The molecule has 31 heavy (non-hydrogen) atoms. The van der Waals surface area contributed by atoms with Crippen molar-refractivity contribution in [3.05, 3.63) is 46.6 Å². The van der Waals surface area contributed by atoms with Gasteiger partial charge < -0.3 is 15.0 Å². The van der Waals surface area contributed by atoms with Gasteiger partial charge in [0, 0.05) is 37.6 Å². The van der Waals surface area contributed by atoms with Gasteiger partial charge in [-0.05, 0) is 36.8 Å². The van der Waals surface area contributed by atoms with Gasteiger partial charge in [0.05, 0.1) is 29.9 Å². The first-order chi connectivity index (χ1) is 14.4. The monoisotopic (exact) mass is 449 g/mol. The molecule has 2 heterocycles. The number of ether oxygens (including phenoxy) is 1. The van der Waals surface area contributed by atoms with Crippen molar-refractivity contribution >= 4 is 5.91 Å². The molecule has 0 bridgehead atoms. The molecule has 1 aromatic heterocycles. The second-order valence-corrected chi connectivity index (χ2v) is 7.29. The number of nitrogens with zero attached hydrogens (tertiary/aromatic N) is 2. The van der Waals surface area contributed by atoms with E-state index in [1.807, 2.05) is 0 Å². The quantitative estimate of drug-likeness (QED) is 0.704. The third kappa shape index (κ3) is 5.21. The lowest BCUT2D eigenvalue weighted by Gasteiger charge is -2.27. The molecule has 0 radical (unpaired) electrons. The van der Waals surface area contributed by atoms with Gasteiger partial charge in [0.1, 0.15) is 0 Å². The molecule has 1 amide bonds. The molecule has 11 heteroatoms. The van der Waals surface area contributed by atoms with E-state index in [1.54, 1.807) is 6.92 Å². The molecule has 170 valence electrons. The molecule has 1 aliphatic heterocycles. The minimum absolute atomic E-state index is 0.0444. The summed E-state index contributed by atoms with van der Waals surface area (Å²) in [6.07, 6.45) is -9.94.